The first kappa shape index (κ1) is 22.9. The van der Waals surface area contributed by atoms with Gasteiger partial charge in [-0.25, -0.2) is 8.42 Å². The van der Waals surface area contributed by atoms with Crippen molar-refractivity contribution in [3.8, 4) is 5.75 Å². The van der Waals surface area contributed by atoms with Crippen LogP contribution in [0.2, 0.25) is 0 Å². The smallest absolute Gasteiger partial charge is 0.257 e. The molecule has 0 spiro atoms. The number of sulfonamides is 1. The van der Waals surface area contributed by atoms with Crippen LogP contribution in [0.3, 0.4) is 0 Å². The molecular formula is C25H29N3O5S. The Bertz CT molecular complexity index is 1330. The van der Waals surface area contributed by atoms with Crippen molar-refractivity contribution in [2.45, 2.75) is 37.5 Å². The van der Waals surface area contributed by atoms with Gasteiger partial charge in [0.15, 0.2) is 0 Å². The summed E-state index contributed by atoms with van der Waals surface area (Å²) in [6.45, 7) is 3.40. The lowest BCUT2D eigenvalue weighted by Crippen LogP contribution is -2.40. The number of H-pyrrole nitrogens is 1. The minimum Gasteiger partial charge on any atom is -0.492 e. The summed E-state index contributed by atoms with van der Waals surface area (Å²) >= 11 is 0. The fraction of sp³-hybridized carbons (Fsp3) is 0.400. The number of nitrogens with zero attached hydrogens (tertiary/aromatic N) is 1. The van der Waals surface area contributed by atoms with Crippen LogP contribution in [-0.2, 0) is 27.6 Å². The lowest BCUT2D eigenvalue weighted by Gasteiger charge is -2.27. The van der Waals surface area contributed by atoms with Crippen molar-refractivity contribution in [1.29, 1.82) is 0 Å². The highest BCUT2D eigenvalue weighted by molar-refractivity contribution is 7.89. The number of para-hydroxylation sites is 1. The number of morpholine rings is 1. The van der Waals surface area contributed by atoms with E-state index >= 15 is 0 Å². The van der Waals surface area contributed by atoms with Gasteiger partial charge in [0.25, 0.3) is 5.91 Å². The summed E-state index contributed by atoms with van der Waals surface area (Å²) in [6, 6.07) is 10.5. The molecule has 8 nitrogen and oxygen atoms in total. The Balaban J connectivity index is 1.47. The third-order valence-corrected chi connectivity index (χ3v) is 8.39. The maximum atomic E-state index is 13.4. The number of fused-ring (bicyclic) bond motifs is 3. The standard InChI is InChI=1S/C25H29N3O5S/c1-2-33-22-11-10-17(16-23(22)34(30,31)28-12-14-32-15-13-28)26-25(29)20-8-5-7-19-18-6-3-4-9-21(18)27-24(19)20/h5,7-8,10-11,16,27H,2-4,6,9,12-15H2,1H3,(H,26,29). The summed E-state index contributed by atoms with van der Waals surface area (Å²) in [4.78, 5) is 16.8. The van der Waals surface area contributed by atoms with Crippen molar-refractivity contribution in [1.82, 2.24) is 9.29 Å². The first-order valence-electron chi connectivity index (χ1n) is 11.8. The van der Waals surface area contributed by atoms with Crippen LogP contribution in [0.15, 0.2) is 41.3 Å². The maximum absolute atomic E-state index is 13.4. The Labute approximate surface area is 199 Å². The number of benzene rings is 2. The van der Waals surface area contributed by atoms with Crippen LogP contribution in [0.1, 0.15) is 41.4 Å². The summed E-state index contributed by atoms with van der Waals surface area (Å²) < 4.78 is 39.0. The fourth-order valence-corrected chi connectivity index (χ4v) is 6.37. The summed E-state index contributed by atoms with van der Waals surface area (Å²) in [5.41, 5.74) is 4.28. The number of carbonyl (C=O) groups excluding carboxylic acids is 1. The molecule has 2 aromatic carbocycles. The van der Waals surface area contributed by atoms with E-state index in [4.69, 9.17) is 9.47 Å². The predicted molar refractivity (Wildman–Crippen MR) is 130 cm³/mol. The van der Waals surface area contributed by atoms with Gasteiger partial charge in [-0.1, -0.05) is 12.1 Å². The van der Waals surface area contributed by atoms with Crippen LogP contribution < -0.4 is 10.1 Å². The minimum atomic E-state index is -3.80. The van der Waals surface area contributed by atoms with Gasteiger partial charge >= 0.3 is 0 Å². The first-order chi connectivity index (χ1) is 16.5. The van der Waals surface area contributed by atoms with E-state index in [2.05, 4.69) is 16.4 Å². The van der Waals surface area contributed by atoms with Crippen LogP contribution >= 0.6 is 0 Å². The van der Waals surface area contributed by atoms with Gasteiger partial charge in [-0.3, -0.25) is 4.79 Å². The van der Waals surface area contributed by atoms with Crippen molar-refractivity contribution < 1.29 is 22.7 Å². The fourth-order valence-electron chi connectivity index (χ4n) is 4.81. The Hall–Kier alpha value is -2.88. The van der Waals surface area contributed by atoms with Gasteiger partial charge < -0.3 is 19.8 Å². The van der Waals surface area contributed by atoms with E-state index in [1.54, 1.807) is 25.1 Å². The number of aromatic nitrogens is 1. The van der Waals surface area contributed by atoms with Gasteiger partial charge in [0.2, 0.25) is 10.0 Å². The molecule has 9 heteroatoms. The van der Waals surface area contributed by atoms with E-state index in [9.17, 15) is 13.2 Å². The highest BCUT2D eigenvalue weighted by Gasteiger charge is 2.30. The SMILES string of the molecule is CCOc1ccc(NC(=O)c2cccc3c4c([nH]c23)CCCC4)cc1S(=O)(=O)N1CCOCC1. The number of aromatic amines is 1. The second-order valence-corrected chi connectivity index (χ2v) is 10.5. The zero-order chi connectivity index (χ0) is 23.7. The molecule has 34 heavy (non-hydrogen) atoms. The summed E-state index contributed by atoms with van der Waals surface area (Å²) in [5, 5.41) is 3.98. The molecule has 1 saturated heterocycles. The van der Waals surface area contributed by atoms with E-state index in [0.29, 0.717) is 31.1 Å². The van der Waals surface area contributed by atoms with Gasteiger partial charge in [-0.2, -0.15) is 4.31 Å². The van der Waals surface area contributed by atoms with E-state index in [1.165, 1.54) is 21.6 Å². The number of ether oxygens (including phenoxy) is 2. The number of rotatable bonds is 6. The molecule has 0 unspecified atom stereocenters. The van der Waals surface area contributed by atoms with Gasteiger partial charge in [0.1, 0.15) is 10.6 Å². The minimum absolute atomic E-state index is 0.0441. The van der Waals surface area contributed by atoms with E-state index in [-0.39, 0.29) is 29.6 Å². The molecule has 0 saturated carbocycles. The Morgan fingerprint density at radius 2 is 1.94 bits per heavy atom. The van der Waals surface area contributed by atoms with E-state index in [1.807, 2.05) is 6.07 Å². The number of hydrogen-bond donors (Lipinski definition) is 2. The first-order valence-corrected chi connectivity index (χ1v) is 13.2. The van der Waals surface area contributed by atoms with Gasteiger partial charge in [-0.05, 0) is 62.4 Å². The molecule has 1 aliphatic carbocycles. The van der Waals surface area contributed by atoms with Crippen molar-refractivity contribution in [3.05, 3.63) is 53.2 Å². The number of aryl methyl sites for hydroxylation is 2. The molecule has 0 radical (unpaired) electrons. The van der Waals surface area contributed by atoms with E-state index in [0.717, 1.165) is 36.6 Å². The quantitative estimate of drug-likeness (QED) is 0.557. The van der Waals surface area contributed by atoms with Crippen molar-refractivity contribution in [3.63, 3.8) is 0 Å². The largest absolute Gasteiger partial charge is 0.492 e. The molecule has 0 atom stereocenters. The van der Waals surface area contributed by atoms with Crippen molar-refractivity contribution in [2.75, 3.05) is 38.2 Å². The van der Waals surface area contributed by atoms with Gasteiger partial charge in [-0.15, -0.1) is 0 Å². The zero-order valence-corrected chi connectivity index (χ0v) is 20.0. The second kappa shape index (κ2) is 9.40. The van der Waals surface area contributed by atoms with Gasteiger partial charge in [0, 0.05) is 29.9 Å². The molecule has 180 valence electrons. The monoisotopic (exact) mass is 483 g/mol. The maximum Gasteiger partial charge on any atom is 0.257 e. The third kappa shape index (κ3) is 4.19. The highest BCUT2D eigenvalue weighted by atomic mass is 32.2. The van der Waals surface area contributed by atoms with E-state index < -0.39 is 10.0 Å². The number of amides is 1. The Morgan fingerprint density at radius 1 is 1.15 bits per heavy atom. The summed E-state index contributed by atoms with van der Waals surface area (Å²) in [7, 11) is -3.80. The molecule has 1 aromatic heterocycles. The number of nitrogens with one attached hydrogen (secondary N) is 2. The van der Waals surface area contributed by atoms with Crippen molar-refractivity contribution in [2.24, 2.45) is 0 Å². The summed E-state index contributed by atoms with van der Waals surface area (Å²) in [6.07, 6.45) is 4.31. The number of anilines is 1. The predicted octanol–water partition coefficient (Wildman–Crippen LogP) is 3.72. The normalized spacial score (nSPS) is 16.9. The number of hydrogen-bond acceptors (Lipinski definition) is 5. The molecule has 2 heterocycles. The highest BCUT2D eigenvalue weighted by Crippen LogP contribution is 2.33. The molecule has 1 amide bonds. The van der Waals surface area contributed by atoms with Crippen LogP contribution in [0.5, 0.6) is 5.75 Å². The second-order valence-electron chi connectivity index (χ2n) is 8.58. The molecule has 2 N–H and O–H groups in total. The van der Waals surface area contributed by atoms with Crippen LogP contribution in [-0.4, -0.2) is 56.5 Å². The molecule has 2 aliphatic rings. The molecule has 1 fully saturated rings. The average molecular weight is 484 g/mol. The third-order valence-electron chi connectivity index (χ3n) is 6.47. The molecule has 3 aromatic rings. The molecule has 5 rings (SSSR count). The zero-order valence-electron chi connectivity index (χ0n) is 19.2. The molecule has 1 aliphatic heterocycles. The molecular weight excluding hydrogens is 454 g/mol. The average Bonchev–Trinajstić information content (AvgIpc) is 3.24. The van der Waals surface area contributed by atoms with Crippen molar-refractivity contribution >= 4 is 32.5 Å². The number of carbonyl (C=O) groups is 1. The van der Waals surface area contributed by atoms with Gasteiger partial charge in [0.05, 0.1) is 30.9 Å². The van der Waals surface area contributed by atoms with Crippen LogP contribution in [0.4, 0.5) is 5.69 Å². The Kier molecular flexibility index (Phi) is 6.33. The topological polar surface area (TPSA) is 101 Å². The van der Waals surface area contributed by atoms with Crippen LogP contribution in [0, 0.1) is 0 Å². The lowest BCUT2D eigenvalue weighted by molar-refractivity contribution is 0.0729. The molecule has 0 bridgehead atoms. The lowest BCUT2D eigenvalue weighted by atomic mass is 9.95. The Morgan fingerprint density at radius 3 is 2.74 bits per heavy atom. The summed E-state index contributed by atoms with van der Waals surface area (Å²) in [5.74, 6) is -0.0192. The van der Waals surface area contributed by atoms with Crippen LogP contribution in [0.25, 0.3) is 10.9 Å².